The van der Waals surface area contributed by atoms with Gasteiger partial charge < -0.3 is 14.6 Å². The van der Waals surface area contributed by atoms with E-state index in [2.05, 4.69) is 9.88 Å². The van der Waals surface area contributed by atoms with Crippen LogP contribution in [0.3, 0.4) is 0 Å². The Morgan fingerprint density at radius 3 is 2.90 bits per heavy atom. The lowest BCUT2D eigenvalue weighted by atomic mass is 9.74. The van der Waals surface area contributed by atoms with Crippen molar-refractivity contribution in [1.82, 2.24) is 14.5 Å². The summed E-state index contributed by atoms with van der Waals surface area (Å²) < 4.78 is 2.04. The molecule has 20 heavy (non-hydrogen) atoms. The second-order valence-electron chi connectivity index (χ2n) is 6.37. The van der Waals surface area contributed by atoms with Gasteiger partial charge in [-0.15, -0.1) is 0 Å². The molecule has 1 atom stereocenters. The van der Waals surface area contributed by atoms with E-state index in [1.165, 1.54) is 0 Å². The van der Waals surface area contributed by atoms with E-state index < -0.39 is 11.4 Å². The Balaban J connectivity index is 1.91. The van der Waals surface area contributed by atoms with Gasteiger partial charge in [-0.05, 0) is 39.2 Å². The smallest absolute Gasteiger partial charge is 0.309 e. The molecule has 1 unspecified atom stereocenters. The largest absolute Gasteiger partial charge is 0.481 e. The maximum absolute atomic E-state index is 11.4. The third-order valence-corrected chi connectivity index (χ3v) is 4.65. The van der Waals surface area contributed by atoms with E-state index in [0.717, 1.165) is 44.7 Å². The van der Waals surface area contributed by atoms with Crippen molar-refractivity contribution in [3.63, 3.8) is 0 Å². The average molecular weight is 279 g/mol. The molecule has 1 aliphatic heterocycles. The minimum absolute atomic E-state index is 0.232. The van der Waals surface area contributed by atoms with E-state index >= 15 is 0 Å². The SMILES string of the molecule is Cn1ccnc1CCN1CCCC(C(C)(C)C(=O)O)C1. The molecular formula is C15H25N3O2. The summed E-state index contributed by atoms with van der Waals surface area (Å²) in [4.78, 5) is 18.1. The summed E-state index contributed by atoms with van der Waals surface area (Å²) in [6, 6.07) is 0. The highest BCUT2D eigenvalue weighted by atomic mass is 16.4. The molecule has 1 fully saturated rings. The Bertz CT molecular complexity index is 467. The molecule has 0 aliphatic carbocycles. The van der Waals surface area contributed by atoms with Gasteiger partial charge in [-0.3, -0.25) is 4.79 Å². The fourth-order valence-electron chi connectivity index (χ4n) is 2.92. The zero-order chi connectivity index (χ0) is 14.8. The number of aliphatic carboxylic acids is 1. The van der Waals surface area contributed by atoms with E-state index in [1.807, 2.05) is 37.9 Å². The highest BCUT2D eigenvalue weighted by Gasteiger charge is 2.38. The molecule has 5 nitrogen and oxygen atoms in total. The van der Waals surface area contributed by atoms with Crippen molar-refractivity contribution in [3.8, 4) is 0 Å². The highest BCUT2D eigenvalue weighted by Crippen LogP contribution is 2.34. The summed E-state index contributed by atoms with van der Waals surface area (Å²) in [7, 11) is 2.01. The Kier molecular flexibility index (Phi) is 4.48. The monoisotopic (exact) mass is 279 g/mol. The lowest BCUT2D eigenvalue weighted by Crippen LogP contribution is -2.45. The molecular weight excluding hydrogens is 254 g/mol. The number of aryl methyl sites for hydroxylation is 1. The topological polar surface area (TPSA) is 58.4 Å². The first-order valence-electron chi connectivity index (χ1n) is 7.33. The number of likely N-dealkylation sites (tertiary alicyclic amines) is 1. The number of carboxylic acids is 1. The van der Waals surface area contributed by atoms with Crippen LogP contribution in [-0.2, 0) is 18.3 Å². The van der Waals surface area contributed by atoms with Gasteiger partial charge >= 0.3 is 5.97 Å². The van der Waals surface area contributed by atoms with Gasteiger partial charge in [0.05, 0.1) is 5.41 Å². The first-order chi connectivity index (χ1) is 9.41. The molecule has 1 saturated heterocycles. The number of carboxylic acid groups (broad SMARTS) is 1. The molecule has 1 aromatic rings. The van der Waals surface area contributed by atoms with Gasteiger partial charge in [-0.2, -0.15) is 0 Å². The molecule has 1 aromatic heterocycles. The summed E-state index contributed by atoms with van der Waals surface area (Å²) >= 11 is 0. The second-order valence-corrected chi connectivity index (χ2v) is 6.37. The molecule has 0 saturated carbocycles. The number of nitrogens with zero attached hydrogens (tertiary/aromatic N) is 3. The minimum Gasteiger partial charge on any atom is -0.481 e. The maximum Gasteiger partial charge on any atom is 0.309 e. The van der Waals surface area contributed by atoms with Crippen molar-refractivity contribution in [2.45, 2.75) is 33.1 Å². The van der Waals surface area contributed by atoms with Crippen LogP contribution in [-0.4, -0.2) is 45.2 Å². The zero-order valence-corrected chi connectivity index (χ0v) is 12.7. The van der Waals surface area contributed by atoms with Gasteiger partial charge in [0.1, 0.15) is 5.82 Å². The summed E-state index contributed by atoms with van der Waals surface area (Å²) in [6.45, 7) is 6.60. The number of rotatable bonds is 5. The van der Waals surface area contributed by atoms with Gasteiger partial charge in [0, 0.05) is 39.0 Å². The summed E-state index contributed by atoms with van der Waals surface area (Å²) in [5.74, 6) is 0.633. The predicted molar refractivity (Wildman–Crippen MR) is 77.5 cm³/mol. The maximum atomic E-state index is 11.4. The molecule has 2 rings (SSSR count). The van der Waals surface area contributed by atoms with Crippen molar-refractivity contribution in [1.29, 1.82) is 0 Å². The highest BCUT2D eigenvalue weighted by molar-refractivity contribution is 5.74. The molecule has 0 spiro atoms. The van der Waals surface area contributed by atoms with Gasteiger partial charge in [0.2, 0.25) is 0 Å². The molecule has 1 aliphatic rings. The van der Waals surface area contributed by atoms with Crippen LogP contribution in [0.15, 0.2) is 12.4 Å². The van der Waals surface area contributed by atoms with E-state index in [1.54, 1.807) is 0 Å². The quantitative estimate of drug-likeness (QED) is 0.892. The molecule has 0 bridgehead atoms. The zero-order valence-electron chi connectivity index (χ0n) is 12.7. The number of piperidine rings is 1. The standard InChI is InChI=1S/C15H25N3O2/c1-15(2,14(19)20)12-5-4-8-18(11-12)9-6-13-16-7-10-17(13)3/h7,10,12H,4-6,8-9,11H2,1-3H3,(H,19,20). The Morgan fingerprint density at radius 2 is 2.30 bits per heavy atom. The van der Waals surface area contributed by atoms with Crippen LogP contribution >= 0.6 is 0 Å². The summed E-state index contributed by atoms with van der Waals surface area (Å²) in [5, 5.41) is 9.36. The number of carbonyl (C=O) groups is 1. The number of hydrogen-bond donors (Lipinski definition) is 1. The minimum atomic E-state index is -0.687. The van der Waals surface area contributed by atoms with Gasteiger partial charge in [-0.1, -0.05) is 0 Å². The predicted octanol–water partition coefficient (Wildman–Crippen LogP) is 1.79. The van der Waals surface area contributed by atoms with Crippen molar-refractivity contribution in [2.75, 3.05) is 19.6 Å². The normalized spacial score (nSPS) is 21.1. The van der Waals surface area contributed by atoms with Gasteiger partial charge in [0.25, 0.3) is 0 Å². The molecule has 2 heterocycles. The third kappa shape index (κ3) is 3.20. The van der Waals surface area contributed by atoms with Gasteiger partial charge in [0.15, 0.2) is 0 Å². The van der Waals surface area contributed by atoms with Crippen LogP contribution in [0.2, 0.25) is 0 Å². The van der Waals surface area contributed by atoms with E-state index in [9.17, 15) is 9.90 Å². The summed E-state index contributed by atoms with van der Waals surface area (Å²) in [6.07, 6.45) is 6.80. The molecule has 0 amide bonds. The fourth-order valence-corrected chi connectivity index (χ4v) is 2.92. The first-order valence-corrected chi connectivity index (χ1v) is 7.33. The van der Waals surface area contributed by atoms with Crippen molar-refractivity contribution >= 4 is 5.97 Å². The first kappa shape index (κ1) is 15.0. The number of hydrogen-bond acceptors (Lipinski definition) is 3. The Labute approximate surface area is 120 Å². The fraction of sp³-hybridized carbons (Fsp3) is 0.733. The van der Waals surface area contributed by atoms with Crippen LogP contribution in [0.1, 0.15) is 32.5 Å². The Morgan fingerprint density at radius 1 is 1.55 bits per heavy atom. The van der Waals surface area contributed by atoms with Crippen LogP contribution in [0.4, 0.5) is 0 Å². The summed E-state index contributed by atoms with van der Waals surface area (Å²) in [5.41, 5.74) is -0.637. The van der Waals surface area contributed by atoms with E-state index in [-0.39, 0.29) is 5.92 Å². The van der Waals surface area contributed by atoms with Crippen molar-refractivity contribution in [2.24, 2.45) is 18.4 Å². The van der Waals surface area contributed by atoms with Crippen molar-refractivity contribution < 1.29 is 9.90 Å². The van der Waals surface area contributed by atoms with E-state index in [4.69, 9.17) is 0 Å². The molecule has 0 aromatic carbocycles. The van der Waals surface area contributed by atoms with Crippen LogP contribution in [0.25, 0.3) is 0 Å². The van der Waals surface area contributed by atoms with Crippen molar-refractivity contribution in [3.05, 3.63) is 18.2 Å². The average Bonchev–Trinajstić information content (AvgIpc) is 2.82. The number of imidazole rings is 1. The van der Waals surface area contributed by atoms with Gasteiger partial charge in [-0.25, -0.2) is 4.98 Å². The third-order valence-electron chi connectivity index (χ3n) is 4.65. The molecule has 5 heteroatoms. The van der Waals surface area contributed by atoms with Crippen LogP contribution in [0.5, 0.6) is 0 Å². The van der Waals surface area contributed by atoms with Crippen LogP contribution in [0, 0.1) is 11.3 Å². The Hall–Kier alpha value is -1.36. The lowest BCUT2D eigenvalue weighted by molar-refractivity contribution is -0.151. The molecule has 1 N–H and O–H groups in total. The molecule has 112 valence electrons. The molecule has 0 radical (unpaired) electrons. The second kappa shape index (κ2) is 5.95. The number of aromatic nitrogens is 2. The lowest BCUT2D eigenvalue weighted by Gasteiger charge is -2.39. The van der Waals surface area contributed by atoms with E-state index in [0.29, 0.717) is 0 Å². The van der Waals surface area contributed by atoms with Crippen LogP contribution < -0.4 is 0 Å².